The molecule has 0 saturated carbocycles. The minimum absolute atomic E-state index is 0.0900. The van der Waals surface area contributed by atoms with Crippen LogP contribution in [0.4, 0.5) is 0 Å². The molecule has 0 aliphatic carbocycles. The van der Waals surface area contributed by atoms with Crippen LogP contribution in [-0.4, -0.2) is 23.8 Å². The number of aromatic nitrogens is 1. The normalized spacial score (nSPS) is 12.0. The summed E-state index contributed by atoms with van der Waals surface area (Å²) in [5, 5.41) is 3.39. The maximum Gasteiger partial charge on any atom is 0.0746 e. The fraction of sp³-hybridized carbons (Fsp3) is 0.667. The summed E-state index contributed by atoms with van der Waals surface area (Å²) in [6, 6.07) is 2.15. The highest BCUT2D eigenvalue weighted by Crippen LogP contribution is 2.06. The second kappa shape index (κ2) is 5.33. The molecule has 1 aromatic rings. The quantitative estimate of drug-likeness (QED) is 0.777. The Balaban J connectivity index is 2.31. The summed E-state index contributed by atoms with van der Waals surface area (Å²) >= 11 is 0. The third-order valence-corrected chi connectivity index (χ3v) is 2.61. The van der Waals surface area contributed by atoms with E-state index in [4.69, 9.17) is 4.74 Å². The monoisotopic (exact) mass is 210 g/mol. The molecule has 0 amide bonds. The summed E-state index contributed by atoms with van der Waals surface area (Å²) < 4.78 is 7.51. The molecule has 0 aliphatic heterocycles. The lowest BCUT2D eigenvalue weighted by Gasteiger charge is -2.23. The van der Waals surface area contributed by atoms with E-state index in [1.807, 2.05) is 0 Å². The van der Waals surface area contributed by atoms with Gasteiger partial charge in [-0.05, 0) is 32.4 Å². The highest BCUT2D eigenvalue weighted by atomic mass is 16.5. The Morgan fingerprint density at radius 2 is 2.20 bits per heavy atom. The van der Waals surface area contributed by atoms with Gasteiger partial charge in [0, 0.05) is 39.1 Å². The molecular weight excluding hydrogens is 188 g/mol. The van der Waals surface area contributed by atoms with Gasteiger partial charge in [0.2, 0.25) is 0 Å². The standard InChI is InChI=1S/C12H22N2O/c1-5-14-7-6-11(9-14)8-13-10-12(2,3)15-4/h6-7,9,13H,5,8,10H2,1-4H3. The van der Waals surface area contributed by atoms with Crippen LogP contribution in [0.3, 0.4) is 0 Å². The Hall–Kier alpha value is -0.800. The van der Waals surface area contributed by atoms with Gasteiger partial charge in [0.15, 0.2) is 0 Å². The maximum atomic E-state index is 5.33. The SMILES string of the molecule is CCn1ccc(CNCC(C)(C)OC)c1. The van der Waals surface area contributed by atoms with Gasteiger partial charge in [-0.15, -0.1) is 0 Å². The van der Waals surface area contributed by atoms with Gasteiger partial charge in [0.25, 0.3) is 0 Å². The Labute approximate surface area is 92.4 Å². The zero-order chi connectivity index (χ0) is 11.3. The van der Waals surface area contributed by atoms with Gasteiger partial charge >= 0.3 is 0 Å². The summed E-state index contributed by atoms with van der Waals surface area (Å²) in [5.41, 5.74) is 1.23. The number of hydrogen-bond acceptors (Lipinski definition) is 2. The molecule has 0 fully saturated rings. The largest absolute Gasteiger partial charge is 0.377 e. The number of aryl methyl sites for hydroxylation is 1. The Kier molecular flexibility index (Phi) is 4.36. The van der Waals surface area contributed by atoms with Crippen LogP contribution in [0.25, 0.3) is 0 Å². The molecule has 1 heterocycles. The molecule has 0 unspecified atom stereocenters. The first-order chi connectivity index (χ1) is 7.07. The van der Waals surface area contributed by atoms with Gasteiger partial charge in [0.05, 0.1) is 5.60 Å². The number of rotatable bonds is 6. The Morgan fingerprint density at radius 1 is 1.47 bits per heavy atom. The predicted octanol–water partition coefficient (Wildman–Crippen LogP) is 2.02. The van der Waals surface area contributed by atoms with E-state index in [1.54, 1.807) is 7.11 Å². The number of nitrogens with zero attached hydrogens (tertiary/aromatic N) is 1. The summed E-state index contributed by atoms with van der Waals surface area (Å²) in [4.78, 5) is 0. The van der Waals surface area contributed by atoms with Crippen LogP contribution in [0.5, 0.6) is 0 Å². The minimum Gasteiger partial charge on any atom is -0.377 e. The molecule has 0 saturated heterocycles. The van der Waals surface area contributed by atoms with E-state index in [0.717, 1.165) is 19.6 Å². The van der Waals surface area contributed by atoms with E-state index in [0.29, 0.717) is 0 Å². The fourth-order valence-electron chi connectivity index (χ4n) is 1.37. The molecule has 3 nitrogen and oxygen atoms in total. The minimum atomic E-state index is -0.0900. The van der Waals surface area contributed by atoms with Crippen LogP contribution in [0, 0.1) is 0 Å². The number of methoxy groups -OCH3 is 1. The molecule has 86 valence electrons. The fourth-order valence-corrected chi connectivity index (χ4v) is 1.37. The Morgan fingerprint density at radius 3 is 2.73 bits per heavy atom. The second-order valence-electron chi connectivity index (χ2n) is 4.42. The molecule has 0 spiro atoms. The van der Waals surface area contributed by atoms with Crippen LogP contribution in [-0.2, 0) is 17.8 Å². The van der Waals surface area contributed by atoms with Crippen molar-refractivity contribution < 1.29 is 4.74 Å². The van der Waals surface area contributed by atoms with Crippen LogP contribution < -0.4 is 5.32 Å². The van der Waals surface area contributed by atoms with Gasteiger partial charge in [-0.2, -0.15) is 0 Å². The molecule has 1 N–H and O–H groups in total. The molecule has 0 aliphatic rings. The third kappa shape index (κ3) is 4.06. The van der Waals surface area contributed by atoms with Gasteiger partial charge in [0.1, 0.15) is 0 Å². The average Bonchev–Trinajstić information content (AvgIpc) is 2.66. The van der Waals surface area contributed by atoms with E-state index in [-0.39, 0.29) is 5.60 Å². The molecule has 0 atom stereocenters. The molecule has 15 heavy (non-hydrogen) atoms. The van der Waals surface area contributed by atoms with Crippen molar-refractivity contribution in [3.63, 3.8) is 0 Å². The van der Waals surface area contributed by atoms with Gasteiger partial charge < -0.3 is 14.6 Å². The van der Waals surface area contributed by atoms with Crippen LogP contribution in [0.1, 0.15) is 26.3 Å². The lowest BCUT2D eigenvalue weighted by molar-refractivity contribution is 0.0231. The molecule has 3 heteroatoms. The van der Waals surface area contributed by atoms with E-state index >= 15 is 0 Å². The lowest BCUT2D eigenvalue weighted by Crippen LogP contribution is -2.36. The first-order valence-corrected chi connectivity index (χ1v) is 5.48. The van der Waals surface area contributed by atoms with Crippen molar-refractivity contribution in [1.29, 1.82) is 0 Å². The third-order valence-electron chi connectivity index (χ3n) is 2.61. The van der Waals surface area contributed by atoms with Gasteiger partial charge in [-0.1, -0.05) is 0 Å². The first kappa shape index (κ1) is 12.3. The van der Waals surface area contributed by atoms with E-state index < -0.39 is 0 Å². The average molecular weight is 210 g/mol. The van der Waals surface area contributed by atoms with E-state index in [9.17, 15) is 0 Å². The van der Waals surface area contributed by atoms with Gasteiger partial charge in [-0.3, -0.25) is 0 Å². The smallest absolute Gasteiger partial charge is 0.0746 e. The van der Waals surface area contributed by atoms with Crippen molar-refractivity contribution in [3.8, 4) is 0 Å². The topological polar surface area (TPSA) is 26.2 Å². The summed E-state index contributed by atoms with van der Waals surface area (Å²) in [5.74, 6) is 0. The van der Waals surface area contributed by atoms with Crippen molar-refractivity contribution in [3.05, 3.63) is 24.0 Å². The zero-order valence-corrected chi connectivity index (χ0v) is 10.2. The summed E-state index contributed by atoms with van der Waals surface area (Å²) in [6.07, 6.45) is 4.28. The zero-order valence-electron chi connectivity index (χ0n) is 10.2. The van der Waals surface area contributed by atoms with Crippen LogP contribution in [0.15, 0.2) is 18.5 Å². The highest BCUT2D eigenvalue weighted by Gasteiger charge is 2.14. The first-order valence-electron chi connectivity index (χ1n) is 5.48. The molecule has 1 rings (SSSR count). The lowest BCUT2D eigenvalue weighted by atomic mass is 10.1. The van der Waals surface area contributed by atoms with Crippen molar-refractivity contribution in [2.24, 2.45) is 0 Å². The molecule has 1 aromatic heterocycles. The molecule has 0 bridgehead atoms. The van der Waals surface area contributed by atoms with Gasteiger partial charge in [-0.25, -0.2) is 0 Å². The van der Waals surface area contributed by atoms with E-state index in [2.05, 4.69) is 49.1 Å². The van der Waals surface area contributed by atoms with Crippen molar-refractivity contribution in [2.45, 2.75) is 39.5 Å². The Bertz CT molecular complexity index is 292. The molecular formula is C12H22N2O. The summed E-state index contributed by atoms with van der Waals surface area (Å²) in [7, 11) is 1.75. The number of ether oxygens (including phenoxy) is 1. The van der Waals surface area contributed by atoms with Crippen molar-refractivity contribution >= 4 is 0 Å². The molecule has 0 radical (unpaired) electrons. The van der Waals surface area contributed by atoms with E-state index in [1.165, 1.54) is 5.56 Å². The molecule has 0 aromatic carbocycles. The van der Waals surface area contributed by atoms with Crippen molar-refractivity contribution in [1.82, 2.24) is 9.88 Å². The highest BCUT2D eigenvalue weighted by molar-refractivity contribution is 5.09. The van der Waals surface area contributed by atoms with Crippen molar-refractivity contribution in [2.75, 3.05) is 13.7 Å². The number of hydrogen-bond donors (Lipinski definition) is 1. The van der Waals surface area contributed by atoms with Crippen LogP contribution in [0.2, 0.25) is 0 Å². The predicted molar refractivity (Wildman–Crippen MR) is 62.9 cm³/mol. The second-order valence-corrected chi connectivity index (χ2v) is 4.42. The number of nitrogens with one attached hydrogen (secondary N) is 1. The summed E-state index contributed by atoms with van der Waals surface area (Å²) in [6.45, 7) is 9.10. The maximum absolute atomic E-state index is 5.33. The van der Waals surface area contributed by atoms with Crippen LogP contribution >= 0.6 is 0 Å².